The maximum absolute atomic E-state index is 12.0. The molecule has 3 N–H and O–H groups in total. The topological polar surface area (TPSA) is 55.1 Å². The lowest BCUT2D eigenvalue weighted by molar-refractivity contribution is -0.126. The maximum Gasteiger partial charge on any atom is 0.240 e. The summed E-state index contributed by atoms with van der Waals surface area (Å²) in [5.41, 5.74) is 6.01. The molecule has 1 amide bonds. The Balaban J connectivity index is 2.52. The molecule has 1 aliphatic rings. The molecular formula is C14H28N2O. The predicted molar refractivity (Wildman–Crippen MR) is 71.6 cm³/mol. The van der Waals surface area contributed by atoms with Gasteiger partial charge in [-0.1, -0.05) is 41.5 Å². The van der Waals surface area contributed by atoms with Gasteiger partial charge in [0.1, 0.15) is 0 Å². The number of nitrogens with one attached hydrogen (secondary N) is 1. The average Bonchev–Trinajstić information content (AvgIpc) is 2.65. The van der Waals surface area contributed by atoms with Crippen LogP contribution in [0, 0.1) is 16.7 Å². The molecule has 0 bridgehead atoms. The first-order valence-electron chi connectivity index (χ1n) is 6.70. The van der Waals surface area contributed by atoms with Crippen molar-refractivity contribution in [2.45, 2.75) is 59.9 Å². The quantitative estimate of drug-likeness (QED) is 0.774. The van der Waals surface area contributed by atoms with Crippen LogP contribution in [0.1, 0.15) is 54.4 Å². The van der Waals surface area contributed by atoms with Crippen molar-refractivity contribution in [1.29, 1.82) is 0 Å². The fourth-order valence-corrected chi connectivity index (χ4v) is 2.79. The van der Waals surface area contributed by atoms with E-state index in [1.165, 1.54) is 0 Å². The van der Waals surface area contributed by atoms with E-state index >= 15 is 0 Å². The number of amides is 1. The van der Waals surface area contributed by atoms with Crippen molar-refractivity contribution in [3.8, 4) is 0 Å². The normalized spacial score (nSPS) is 22.3. The lowest BCUT2D eigenvalue weighted by atomic mass is 9.93. The van der Waals surface area contributed by atoms with Crippen LogP contribution >= 0.6 is 0 Å². The highest BCUT2D eigenvalue weighted by Crippen LogP contribution is 2.67. The highest BCUT2D eigenvalue weighted by molar-refractivity contribution is 5.85. The summed E-state index contributed by atoms with van der Waals surface area (Å²) in [6.07, 6.45) is 1.37. The van der Waals surface area contributed by atoms with E-state index in [9.17, 15) is 4.79 Å². The van der Waals surface area contributed by atoms with E-state index < -0.39 is 5.54 Å². The zero-order valence-corrected chi connectivity index (χ0v) is 12.2. The van der Waals surface area contributed by atoms with Crippen LogP contribution in [0.2, 0.25) is 0 Å². The molecular weight excluding hydrogens is 212 g/mol. The minimum Gasteiger partial charge on any atom is -0.354 e. The first-order valence-corrected chi connectivity index (χ1v) is 6.70. The van der Waals surface area contributed by atoms with Crippen molar-refractivity contribution in [2.24, 2.45) is 22.5 Å². The Labute approximate surface area is 106 Å². The molecule has 1 rings (SSSR count). The fraction of sp³-hybridized carbons (Fsp3) is 0.929. The summed E-state index contributed by atoms with van der Waals surface area (Å²) in [5.74, 6) is 0.554. The lowest BCUT2D eigenvalue weighted by Gasteiger charge is -2.25. The predicted octanol–water partition coefficient (Wildman–Crippen LogP) is 2.30. The molecule has 0 aliphatic heterocycles. The van der Waals surface area contributed by atoms with Crippen molar-refractivity contribution in [3.05, 3.63) is 0 Å². The van der Waals surface area contributed by atoms with Crippen LogP contribution in [0.25, 0.3) is 0 Å². The summed E-state index contributed by atoms with van der Waals surface area (Å²) in [7, 11) is 0. The molecule has 1 aliphatic carbocycles. The highest BCUT2D eigenvalue weighted by atomic mass is 16.2. The van der Waals surface area contributed by atoms with Gasteiger partial charge in [0.05, 0.1) is 5.54 Å². The van der Waals surface area contributed by atoms with E-state index in [2.05, 4.69) is 33.0 Å². The van der Waals surface area contributed by atoms with Gasteiger partial charge in [-0.15, -0.1) is 0 Å². The van der Waals surface area contributed by atoms with Gasteiger partial charge in [-0.2, -0.15) is 0 Å². The van der Waals surface area contributed by atoms with Gasteiger partial charge < -0.3 is 11.1 Å². The Hall–Kier alpha value is -0.570. The van der Waals surface area contributed by atoms with E-state index in [1.807, 2.05) is 13.8 Å². The lowest BCUT2D eigenvalue weighted by Crippen LogP contribution is -2.53. The Morgan fingerprint density at radius 1 is 1.18 bits per heavy atom. The molecule has 0 spiro atoms. The van der Waals surface area contributed by atoms with Gasteiger partial charge in [-0.3, -0.25) is 4.79 Å². The van der Waals surface area contributed by atoms with E-state index in [-0.39, 0.29) is 5.91 Å². The first kappa shape index (κ1) is 14.5. The molecule has 0 heterocycles. The summed E-state index contributed by atoms with van der Waals surface area (Å²) in [4.78, 5) is 12.0. The molecule has 17 heavy (non-hydrogen) atoms. The number of carbonyl (C=O) groups excluding carboxylic acids is 1. The Bertz CT molecular complexity index is 289. The molecule has 100 valence electrons. The summed E-state index contributed by atoms with van der Waals surface area (Å²) >= 11 is 0. The molecule has 0 atom stereocenters. The summed E-state index contributed by atoms with van der Waals surface area (Å²) < 4.78 is 0. The zero-order valence-electron chi connectivity index (χ0n) is 12.2. The van der Waals surface area contributed by atoms with E-state index in [4.69, 9.17) is 5.73 Å². The first-order chi connectivity index (χ1) is 7.63. The molecule has 1 fully saturated rings. The van der Waals surface area contributed by atoms with Gasteiger partial charge in [0.15, 0.2) is 0 Å². The third kappa shape index (κ3) is 2.22. The Morgan fingerprint density at radius 2 is 1.59 bits per heavy atom. The van der Waals surface area contributed by atoms with Gasteiger partial charge >= 0.3 is 0 Å². The van der Waals surface area contributed by atoms with Crippen molar-refractivity contribution in [1.82, 2.24) is 5.32 Å². The number of hydrogen-bond donors (Lipinski definition) is 2. The number of rotatable bonds is 5. The molecule has 0 aromatic carbocycles. The standard InChI is InChI=1S/C14H28N2O/c1-7-14(15,8-2)11(17)16-9-10-12(3,4)13(10,5)6/h10H,7-9,15H2,1-6H3,(H,16,17). The van der Waals surface area contributed by atoms with E-state index in [0.29, 0.717) is 29.6 Å². The minimum atomic E-state index is -0.691. The molecule has 0 radical (unpaired) electrons. The van der Waals surface area contributed by atoms with Crippen LogP contribution < -0.4 is 11.1 Å². The van der Waals surface area contributed by atoms with Crippen molar-refractivity contribution in [2.75, 3.05) is 6.54 Å². The van der Waals surface area contributed by atoms with Gasteiger partial charge in [-0.25, -0.2) is 0 Å². The van der Waals surface area contributed by atoms with Gasteiger partial charge in [0.25, 0.3) is 0 Å². The van der Waals surface area contributed by atoms with Crippen LogP contribution in [0.4, 0.5) is 0 Å². The summed E-state index contributed by atoms with van der Waals surface area (Å²) in [6.45, 7) is 13.7. The monoisotopic (exact) mass is 240 g/mol. The van der Waals surface area contributed by atoms with Crippen LogP contribution in [0.3, 0.4) is 0 Å². The summed E-state index contributed by atoms with van der Waals surface area (Å²) in [5, 5.41) is 3.03. The van der Waals surface area contributed by atoms with Crippen molar-refractivity contribution >= 4 is 5.91 Å². The Morgan fingerprint density at radius 3 is 1.88 bits per heavy atom. The molecule has 3 nitrogen and oxygen atoms in total. The third-order valence-electron chi connectivity index (χ3n) is 5.50. The Kier molecular flexibility index (Phi) is 3.64. The van der Waals surface area contributed by atoms with Gasteiger partial charge in [0.2, 0.25) is 5.91 Å². The highest BCUT2D eigenvalue weighted by Gasteiger charge is 2.64. The van der Waals surface area contributed by atoms with Crippen LogP contribution in [-0.4, -0.2) is 18.0 Å². The van der Waals surface area contributed by atoms with Crippen molar-refractivity contribution < 1.29 is 4.79 Å². The van der Waals surface area contributed by atoms with Crippen molar-refractivity contribution in [3.63, 3.8) is 0 Å². The van der Waals surface area contributed by atoms with E-state index in [0.717, 1.165) is 6.54 Å². The van der Waals surface area contributed by atoms with Crippen LogP contribution in [0.5, 0.6) is 0 Å². The van der Waals surface area contributed by atoms with Crippen LogP contribution in [0.15, 0.2) is 0 Å². The number of hydrogen-bond acceptors (Lipinski definition) is 2. The SMILES string of the molecule is CCC(N)(CC)C(=O)NCC1C(C)(C)C1(C)C. The molecule has 0 aromatic rings. The molecule has 0 unspecified atom stereocenters. The third-order valence-corrected chi connectivity index (χ3v) is 5.50. The largest absolute Gasteiger partial charge is 0.354 e. The second-order valence-electron chi connectivity index (χ2n) is 6.57. The second kappa shape index (κ2) is 4.27. The zero-order chi connectivity index (χ0) is 13.5. The minimum absolute atomic E-state index is 0.000926. The van der Waals surface area contributed by atoms with Gasteiger partial charge in [-0.05, 0) is 29.6 Å². The molecule has 0 aromatic heterocycles. The second-order valence-corrected chi connectivity index (χ2v) is 6.57. The summed E-state index contributed by atoms with van der Waals surface area (Å²) in [6, 6.07) is 0. The molecule has 0 saturated heterocycles. The number of carbonyl (C=O) groups is 1. The fourth-order valence-electron chi connectivity index (χ4n) is 2.79. The smallest absolute Gasteiger partial charge is 0.240 e. The average molecular weight is 240 g/mol. The molecule has 1 saturated carbocycles. The molecule has 3 heteroatoms. The van der Waals surface area contributed by atoms with Crippen LogP contribution in [-0.2, 0) is 4.79 Å². The van der Waals surface area contributed by atoms with E-state index in [1.54, 1.807) is 0 Å². The maximum atomic E-state index is 12.0. The van der Waals surface area contributed by atoms with Gasteiger partial charge in [0, 0.05) is 6.54 Å². The number of nitrogens with two attached hydrogens (primary N) is 1.